The van der Waals surface area contributed by atoms with E-state index in [1.54, 1.807) is 24.3 Å². The summed E-state index contributed by atoms with van der Waals surface area (Å²) in [6.45, 7) is 1.83. The largest absolute Gasteiger partial charge is 0.508 e. The maximum atomic E-state index is 14.3. The van der Waals surface area contributed by atoms with Crippen molar-refractivity contribution in [1.29, 1.82) is 0 Å². The molecule has 0 fully saturated rings. The molecule has 1 heterocycles. The van der Waals surface area contributed by atoms with Crippen LogP contribution in [0, 0.1) is 5.92 Å². The standard InChI is InChI=1S/C34H28O9/c1-16-9-23(21-7-5-19(36)12-26(21)38)31(33(41)22-8-6-20(37)13-27(22)39)25(10-16)32-28(40)15-30-24(34(32)42)14-29(43-30)17-3-2-4-18(35)11-17/h2-8,10-15,23,25,31,35-40,42H,9H2,1H3/t23-,25-,31-/m1/s1. The number of ketones is 1. The van der Waals surface area contributed by atoms with Gasteiger partial charge >= 0.3 is 0 Å². The first-order chi connectivity index (χ1) is 20.5. The average molecular weight is 581 g/mol. The quantitative estimate of drug-likeness (QED) is 0.0876. The number of fused-ring (bicyclic) bond motifs is 1. The molecule has 9 heteroatoms. The molecule has 0 saturated heterocycles. The lowest BCUT2D eigenvalue weighted by molar-refractivity contribution is 0.0876. The van der Waals surface area contributed by atoms with E-state index in [1.165, 1.54) is 48.5 Å². The number of phenolic OH excluding ortho intramolecular Hbond substituents is 7. The molecule has 0 aliphatic heterocycles. The molecule has 43 heavy (non-hydrogen) atoms. The van der Waals surface area contributed by atoms with Gasteiger partial charge in [-0.2, -0.15) is 0 Å². The van der Waals surface area contributed by atoms with E-state index < -0.39 is 29.3 Å². The summed E-state index contributed by atoms with van der Waals surface area (Å²) in [5.74, 6) is -4.60. The molecule has 0 spiro atoms. The fraction of sp³-hybridized carbons (Fsp3) is 0.147. The Morgan fingerprint density at radius 3 is 2.16 bits per heavy atom. The number of hydrogen-bond donors (Lipinski definition) is 7. The van der Waals surface area contributed by atoms with Crippen molar-refractivity contribution in [2.45, 2.75) is 25.2 Å². The molecule has 1 aliphatic rings. The molecule has 0 radical (unpaired) electrons. The predicted molar refractivity (Wildman–Crippen MR) is 158 cm³/mol. The van der Waals surface area contributed by atoms with Gasteiger partial charge in [0.05, 0.1) is 10.9 Å². The molecule has 1 aliphatic carbocycles. The first-order valence-corrected chi connectivity index (χ1v) is 13.5. The summed E-state index contributed by atoms with van der Waals surface area (Å²) in [6, 6.07) is 17.0. The van der Waals surface area contributed by atoms with E-state index in [9.17, 15) is 40.5 Å². The molecule has 6 rings (SSSR count). The fourth-order valence-corrected chi connectivity index (χ4v) is 6.16. The molecule has 0 bridgehead atoms. The second-order valence-electron chi connectivity index (χ2n) is 10.9. The minimum absolute atomic E-state index is 0.0240. The van der Waals surface area contributed by atoms with Gasteiger partial charge in [0.2, 0.25) is 0 Å². The van der Waals surface area contributed by atoms with Gasteiger partial charge < -0.3 is 40.2 Å². The van der Waals surface area contributed by atoms with Crippen LogP contribution in [0.2, 0.25) is 0 Å². The van der Waals surface area contributed by atoms with Crippen molar-refractivity contribution < 1.29 is 45.0 Å². The van der Waals surface area contributed by atoms with Gasteiger partial charge in [-0.25, -0.2) is 0 Å². The number of hydrogen-bond acceptors (Lipinski definition) is 9. The van der Waals surface area contributed by atoms with E-state index in [2.05, 4.69) is 0 Å². The van der Waals surface area contributed by atoms with E-state index in [0.717, 1.165) is 11.6 Å². The second-order valence-corrected chi connectivity index (χ2v) is 10.9. The van der Waals surface area contributed by atoms with E-state index in [1.807, 2.05) is 6.92 Å². The summed E-state index contributed by atoms with van der Waals surface area (Å²) in [6.07, 6.45) is 2.09. The summed E-state index contributed by atoms with van der Waals surface area (Å²) in [5, 5.41) is 74.3. The first kappa shape index (κ1) is 27.6. The second kappa shape index (κ2) is 10.4. The van der Waals surface area contributed by atoms with Crippen LogP contribution < -0.4 is 0 Å². The minimum atomic E-state index is -1.05. The predicted octanol–water partition coefficient (Wildman–Crippen LogP) is 6.76. The molecule has 5 aromatic rings. The van der Waals surface area contributed by atoms with Crippen molar-refractivity contribution >= 4 is 16.8 Å². The highest BCUT2D eigenvalue weighted by Crippen LogP contribution is 2.54. The lowest BCUT2D eigenvalue weighted by Gasteiger charge is -2.37. The van der Waals surface area contributed by atoms with Crippen LogP contribution in [0.1, 0.15) is 46.7 Å². The molecule has 1 aromatic heterocycles. The van der Waals surface area contributed by atoms with Crippen LogP contribution in [0.25, 0.3) is 22.3 Å². The number of allylic oxidation sites excluding steroid dienone is 2. The highest BCUT2D eigenvalue weighted by Gasteiger charge is 2.43. The zero-order valence-corrected chi connectivity index (χ0v) is 22.9. The van der Waals surface area contributed by atoms with Crippen LogP contribution in [0.3, 0.4) is 0 Å². The van der Waals surface area contributed by atoms with Crippen molar-refractivity contribution in [3.63, 3.8) is 0 Å². The maximum absolute atomic E-state index is 14.3. The highest BCUT2D eigenvalue weighted by atomic mass is 16.3. The monoisotopic (exact) mass is 580 g/mol. The van der Waals surface area contributed by atoms with Crippen LogP contribution in [0.5, 0.6) is 40.2 Å². The number of benzene rings is 4. The smallest absolute Gasteiger partial charge is 0.171 e. The van der Waals surface area contributed by atoms with Gasteiger partial charge in [-0.3, -0.25) is 4.79 Å². The van der Waals surface area contributed by atoms with Crippen molar-refractivity contribution in [3.05, 3.63) is 101 Å². The van der Waals surface area contributed by atoms with Crippen LogP contribution in [-0.4, -0.2) is 41.5 Å². The van der Waals surface area contributed by atoms with Gasteiger partial charge in [0.15, 0.2) is 5.78 Å². The van der Waals surface area contributed by atoms with E-state index in [-0.39, 0.29) is 56.6 Å². The summed E-state index contributed by atoms with van der Waals surface area (Å²) >= 11 is 0. The number of phenols is 7. The molecule has 7 N–H and O–H groups in total. The number of rotatable bonds is 5. The number of furan rings is 1. The Kier molecular flexibility index (Phi) is 6.65. The Morgan fingerprint density at radius 1 is 0.767 bits per heavy atom. The molecule has 3 atom stereocenters. The summed E-state index contributed by atoms with van der Waals surface area (Å²) in [7, 11) is 0. The van der Waals surface area contributed by atoms with Crippen molar-refractivity contribution in [3.8, 4) is 51.6 Å². The molecule has 0 unspecified atom stereocenters. The zero-order valence-electron chi connectivity index (χ0n) is 22.9. The van der Waals surface area contributed by atoms with Crippen LogP contribution >= 0.6 is 0 Å². The Morgan fingerprint density at radius 2 is 1.47 bits per heavy atom. The summed E-state index contributed by atoms with van der Waals surface area (Å²) in [5.41, 5.74) is 1.87. The van der Waals surface area contributed by atoms with Crippen molar-refractivity contribution in [2.75, 3.05) is 0 Å². The highest BCUT2D eigenvalue weighted by molar-refractivity contribution is 6.02. The van der Waals surface area contributed by atoms with Gasteiger partial charge in [0.1, 0.15) is 51.6 Å². The SMILES string of the molecule is CC1=C[C@@H](c2c(O)cc3oc(-c4cccc(O)c4)cc3c2O)[C@H](C(=O)c2ccc(O)cc2O)[C@@H](c2ccc(O)cc2O)C1. The maximum Gasteiger partial charge on any atom is 0.171 e. The third-order valence-electron chi connectivity index (χ3n) is 8.07. The van der Waals surface area contributed by atoms with Crippen LogP contribution in [0.15, 0.2) is 88.9 Å². The van der Waals surface area contributed by atoms with Gasteiger partial charge in [0.25, 0.3) is 0 Å². The van der Waals surface area contributed by atoms with Gasteiger partial charge in [-0.1, -0.05) is 29.8 Å². The average Bonchev–Trinajstić information content (AvgIpc) is 3.37. The molecule has 218 valence electrons. The third kappa shape index (κ3) is 4.84. The third-order valence-corrected chi connectivity index (χ3v) is 8.07. The number of aromatic hydroxyl groups is 7. The normalized spacial score (nSPS) is 18.4. The number of carbonyl (C=O) groups excluding carboxylic acids is 1. The Hall–Kier alpha value is -5.57. The summed E-state index contributed by atoms with van der Waals surface area (Å²) in [4.78, 5) is 14.3. The van der Waals surface area contributed by atoms with Crippen molar-refractivity contribution in [1.82, 2.24) is 0 Å². The zero-order chi connectivity index (χ0) is 30.6. The Bertz CT molecular complexity index is 1930. The molecular formula is C34H28O9. The topological polar surface area (TPSA) is 172 Å². The molecule has 4 aromatic carbocycles. The lowest BCUT2D eigenvalue weighted by atomic mass is 9.65. The van der Waals surface area contributed by atoms with Gasteiger partial charge in [-0.05, 0) is 55.3 Å². The minimum Gasteiger partial charge on any atom is -0.508 e. The lowest BCUT2D eigenvalue weighted by Crippen LogP contribution is -2.31. The van der Waals surface area contributed by atoms with E-state index in [0.29, 0.717) is 23.3 Å². The molecular weight excluding hydrogens is 552 g/mol. The van der Waals surface area contributed by atoms with Crippen LogP contribution in [0.4, 0.5) is 0 Å². The van der Waals surface area contributed by atoms with Gasteiger partial charge in [-0.15, -0.1) is 0 Å². The first-order valence-electron chi connectivity index (χ1n) is 13.5. The molecule has 0 amide bonds. The van der Waals surface area contributed by atoms with Gasteiger partial charge in [0, 0.05) is 47.1 Å². The fourth-order valence-electron chi connectivity index (χ4n) is 6.16. The Balaban J connectivity index is 1.56. The van der Waals surface area contributed by atoms with E-state index in [4.69, 9.17) is 4.42 Å². The van der Waals surface area contributed by atoms with Crippen LogP contribution in [-0.2, 0) is 0 Å². The summed E-state index contributed by atoms with van der Waals surface area (Å²) < 4.78 is 5.90. The number of Topliss-reactive ketones (excluding diaryl/α,β-unsaturated/α-hetero) is 1. The van der Waals surface area contributed by atoms with E-state index >= 15 is 0 Å². The van der Waals surface area contributed by atoms with Crippen molar-refractivity contribution in [2.24, 2.45) is 5.92 Å². The molecule has 9 nitrogen and oxygen atoms in total. The Labute approximate surface area is 245 Å². The number of carbonyl (C=O) groups is 1. The molecule has 0 saturated carbocycles.